The molecule has 0 saturated heterocycles. The summed E-state index contributed by atoms with van der Waals surface area (Å²) >= 11 is 0. The minimum absolute atomic E-state index is 0.0308. The lowest BCUT2D eigenvalue weighted by Gasteiger charge is -2.27. The van der Waals surface area contributed by atoms with Gasteiger partial charge in [-0.3, -0.25) is 24.5 Å². The second-order valence-corrected chi connectivity index (χ2v) is 5.49. The summed E-state index contributed by atoms with van der Waals surface area (Å²) < 4.78 is 14.9. The molecule has 0 aliphatic rings. The van der Waals surface area contributed by atoms with Gasteiger partial charge in [-0.2, -0.15) is 0 Å². The molecule has 0 fully saturated rings. The smallest absolute Gasteiger partial charge is 0.335 e. The Morgan fingerprint density at radius 1 is 0.889 bits per heavy atom. The first-order valence-electron chi connectivity index (χ1n) is 8.58. The van der Waals surface area contributed by atoms with Crippen LogP contribution in [0.1, 0.15) is 32.8 Å². The van der Waals surface area contributed by atoms with Crippen LogP contribution in [-0.4, -0.2) is 42.7 Å². The molecule has 0 unspecified atom stereocenters. The number of non-ortho nitro benzene ring substituents is 1. The minimum Gasteiger partial charge on any atom is -0.465 e. The van der Waals surface area contributed by atoms with Crippen molar-refractivity contribution in [1.82, 2.24) is 0 Å². The molecule has 27 heavy (non-hydrogen) atoms. The Kier molecular flexibility index (Phi) is 8.37. The fourth-order valence-electron chi connectivity index (χ4n) is 2.44. The maximum atomic E-state index is 12.5. The number of esters is 3. The van der Waals surface area contributed by atoms with Gasteiger partial charge in [0.1, 0.15) is 0 Å². The van der Waals surface area contributed by atoms with E-state index >= 15 is 0 Å². The van der Waals surface area contributed by atoms with Gasteiger partial charge in [-0.1, -0.05) is 12.1 Å². The van der Waals surface area contributed by atoms with Gasteiger partial charge in [0.15, 0.2) is 0 Å². The molecule has 9 nitrogen and oxygen atoms in total. The van der Waals surface area contributed by atoms with E-state index in [4.69, 9.17) is 14.2 Å². The van der Waals surface area contributed by atoms with E-state index in [2.05, 4.69) is 0 Å². The molecule has 0 heterocycles. The molecule has 0 aliphatic carbocycles. The average Bonchev–Trinajstić information content (AvgIpc) is 2.63. The van der Waals surface area contributed by atoms with Crippen LogP contribution in [0.2, 0.25) is 0 Å². The fraction of sp³-hybridized carbons (Fsp3) is 0.500. The number of benzene rings is 1. The molecular weight excluding hydrogens is 358 g/mol. The maximum Gasteiger partial charge on any atom is 0.335 e. The molecule has 1 aromatic rings. The topological polar surface area (TPSA) is 122 Å². The van der Waals surface area contributed by atoms with Crippen LogP contribution in [0.5, 0.6) is 0 Å². The zero-order valence-corrected chi connectivity index (χ0v) is 15.6. The lowest BCUT2D eigenvalue weighted by atomic mass is 9.81. The Morgan fingerprint density at radius 3 is 1.63 bits per heavy atom. The third-order valence-corrected chi connectivity index (χ3v) is 3.81. The average molecular weight is 381 g/mol. The number of carbonyl (C=O) groups excluding carboxylic acids is 3. The van der Waals surface area contributed by atoms with Crippen molar-refractivity contribution in [3.8, 4) is 0 Å². The van der Waals surface area contributed by atoms with Crippen molar-refractivity contribution in [2.24, 2.45) is 5.41 Å². The first kappa shape index (κ1) is 22.1. The minimum atomic E-state index is -2.25. The zero-order chi connectivity index (χ0) is 20.4. The van der Waals surface area contributed by atoms with Gasteiger partial charge < -0.3 is 14.2 Å². The highest BCUT2D eigenvalue weighted by Gasteiger charge is 2.56. The highest BCUT2D eigenvalue weighted by Crippen LogP contribution is 2.31. The monoisotopic (exact) mass is 381 g/mol. The maximum absolute atomic E-state index is 12.5. The van der Waals surface area contributed by atoms with Gasteiger partial charge in [-0.25, -0.2) is 0 Å². The molecule has 148 valence electrons. The molecule has 0 aromatic heterocycles. The highest BCUT2D eigenvalue weighted by atomic mass is 16.6. The Hall–Kier alpha value is -2.97. The quantitative estimate of drug-likeness (QED) is 0.199. The molecule has 0 aliphatic heterocycles. The van der Waals surface area contributed by atoms with Crippen LogP contribution >= 0.6 is 0 Å². The summed E-state index contributed by atoms with van der Waals surface area (Å²) in [7, 11) is 0. The normalized spacial score (nSPS) is 10.8. The van der Waals surface area contributed by atoms with Crippen molar-refractivity contribution in [2.75, 3.05) is 19.8 Å². The van der Waals surface area contributed by atoms with E-state index < -0.39 is 28.2 Å². The van der Waals surface area contributed by atoms with Gasteiger partial charge in [0.05, 0.1) is 24.7 Å². The van der Waals surface area contributed by atoms with Gasteiger partial charge in [0.2, 0.25) is 0 Å². The van der Waals surface area contributed by atoms with Crippen LogP contribution in [0.3, 0.4) is 0 Å². The number of carbonyl (C=O) groups is 3. The molecule has 0 spiro atoms. The first-order valence-corrected chi connectivity index (χ1v) is 8.58. The van der Waals surface area contributed by atoms with Crippen LogP contribution in [0.15, 0.2) is 24.3 Å². The van der Waals surface area contributed by atoms with Crippen molar-refractivity contribution in [1.29, 1.82) is 0 Å². The van der Waals surface area contributed by atoms with Crippen LogP contribution in [-0.2, 0) is 35.0 Å². The second kappa shape index (κ2) is 10.2. The third kappa shape index (κ3) is 5.25. The summed E-state index contributed by atoms with van der Waals surface area (Å²) in [6.45, 7) is 4.56. The van der Waals surface area contributed by atoms with Crippen LogP contribution in [0.25, 0.3) is 0 Å². The Labute approximate surface area is 156 Å². The number of hydrogen-bond donors (Lipinski definition) is 0. The van der Waals surface area contributed by atoms with Crippen LogP contribution in [0.4, 0.5) is 5.69 Å². The number of nitrogens with zero attached hydrogens (tertiary/aromatic N) is 1. The number of aryl methyl sites for hydroxylation is 1. The summed E-state index contributed by atoms with van der Waals surface area (Å²) in [5.41, 5.74) is -1.74. The first-order chi connectivity index (χ1) is 12.8. The summed E-state index contributed by atoms with van der Waals surface area (Å²) in [4.78, 5) is 47.8. The standard InChI is InChI=1S/C18H23NO8/c1-4-25-15(20)18(16(21)26-5-2,17(22)27-6-3)12-11-13-7-9-14(10-8-13)19(23)24/h7-10H,4-6,11-12H2,1-3H3. The summed E-state index contributed by atoms with van der Waals surface area (Å²) in [5.74, 6) is -3.11. The van der Waals surface area contributed by atoms with Gasteiger partial charge in [0, 0.05) is 12.1 Å². The van der Waals surface area contributed by atoms with E-state index in [0.29, 0.717) is 5.56 Å². The van der Waals surface area contributed by atoms with E-state index in [1.807, 2.05) is 0 Å². The SMILES string of the molecule is CCOC(=O)C(CCc1ccc([N+](=O)[O-])cc1)(C(=O)OCC)C(=O)OCC. The predicted molar refractivity (Wildman–Crippen MR) is 93.7 cm³/mol. The number of hydrogen-bond acceptors (Lipinski definition) is 8. The van der Waals surface area contributed by atoms with Gasteiger partial charge in [0.25, 0.3) is 11.1 Å². The molecule has 0 atom stereocenters. The van der Waals surface area contributed by atoms with E-state index in [0.717, 1.165) is 0 Å². The Balaban J connectivity index is 3.20. The largest absolute Gasteiger partial charge is 0.465 e. The predicted octanol–water partition coefficient (Wildman–Crippen LogP) is 2.20. The molecule has 9 heteroatoms. The van der Waals surface area contributed by atoms with Crippen molar-refractivity contribution in [2.45, 2.75) is 33.6 Å². The van der Waals surface area contributed by atoms with Crippen LogP contribution < -0.4 is 0 Å². The Morgan fingerprint density at radius 2 is 1.30 bits per heavy atom. The molecule has 0 bridgehead atoms. The summed E-state index contributed by atoms with van der Waals surface area (Å²) in [5, 5.41) is 10.7. The van der Waals surface area contributed by atoms with Crippen molar-refractivity contribution < 1.29 is 33.5 Å². The number of nitro groups is 1. The van der Waals surface area contributed by atoms with E-state index in [9.17, 15) is 24.5 Å². The Bertz CT molecular complexity index is 638. The summed E-state index contributed by atoms with van der Waals surface area (Å²) in [6, 6.07) is 5.58. The van der Waals surface area contributed by atoms with Crippen molar-refractivity contribution >= 4 is 23.6 Å². The summed E-state index contributed by atoms with van der Waals surface area (Å²) in [6.07, 6.45) is -0.143. The van der Waals surface area contributed by atoms with Gasteiger partial charge in [-0.05, 0) is 39.2 Å². The van der Waals surface area contributed by atoms with Crippen LogP contribution in [0, 0.1) is 15.5 Å². The molecule has 0 radical (unpaired) electrons. The zero-order valence-electron chi connectivity index (χ0n) is 15.6. The molecular formula is C18H23NO8. The van der Waals surface area contributed by atoms with Gasteiger partial charge >= 0.3 is 17.9 Å². The molecule has 1 aromatic carbocycles. The second-order valence-electron chi connectivity index (χ2n) is 5.49. The number of ether oxygens (including phenoxy) is 3. The third-order valence-electron chi connectivity index (χ3n) is 3.81. The molecule has 1 rings (SSSR count). The lowest BCUT2D eigenvalue weighted by Crippen LogP contribution is -2.49. The number of rotatable bonds is 10. The molecule has 0 N–H and O–H groups in total. The number of nitro benzene ring substituents is 1. The lowest BCUT2D eigenvalue weighted by molar-refractivity contribution is -0.384. The van der Waals surface area contributed by atoms with Gasteiger partial charge in [-0.15, -0.1) is 0 Å². The van der Waals surface area contributed by atoms with Crippen molar-refractivity contribution in [3.05, 3.63) is 39.9 Å². The van der Waals surface area contributed by atoms with E-state index in [1.165, 1.54) is 24.3 Å². The molecule has 0 amide bonds. The molecule has 0 saturated carbocycles. The fourth-order valence-corrected chi connectivity index (χ4v) is 2.44. The highest BCUT2D eigenvalue weighted by molar-refractivity contribution is 6.17. The van der Waals surface area contributed by atoms with Crippen molar-refractivity contribution in [3.63, 3.8) is 0 Å². The van der Waals surface area contributed by atoms with E-state index in [-0.39, 0.29) is 38.3 Å². The van der Waals surface area contributed by atoms with E-state index in [1.54, 1.807) is 20.8 Å².